The first kappa shape index (κ1) is 14.9. The van der Waals surface area contributed by atoms with Crippen LogP contribution in [0.15, 0.2) is 0 Å². The normalized spacial score (nSPS) is 21.7. The van der Waals surface area contributed by atoms with Gasteiger partial charge in [0.15, 0.2) is 0 Å². The van der Waals surface area contributed by atoms with Gasteiger partial charge in [-0.05, 0) is 60.3 Å². The minimum Gasteiger partial charge on any atom is -0.314 e. The zero-order valence-corrected chi connectivity index (χ0v) is 12.2. The monoisotopic (exact) mass is 241 g/mol. The molecule has 0 amide bonds. The lowest BCUT2D eigenvalue weighted by Gasteiger charge is -2.31. The van der Waals surface area contributed by atoms with Gasteiger partial charge in [-0.2, -0.15) is 0 Å². The Bertz CT molecular complexity index is 186. The van der Waals surface area contributed by atoms with Crippen molar-refractivity contribution in [1.29, 1.82) is 0 Å². The highest BCUT2D eigenvalue weighted by molar-refractivity contribution is 4.75. The molecule has 0 radical (unpaired) electrons. The number of nitrogens with one attached hydrogen (secondary N) is 1. The SMILES string of the molecule is CC(C)N(CCC1CCCCN1)CCN(C)C. The molecule has 0 spiro atoms. The molecule has 1 N–H and O–H groups in total. The second kappa shape index (κ2) is 8.06. The molecule has 1 rings (SSSR count). The number of likely N-dealkylation sites (N-methyl/N-ethyl adjacent to an activating group) is 1. The summed E-state index contributed by atoms with van der Waals surface area (Å²) in [5.74, 6) is 0. The van der Waals surface area contributed by atoms with E-state index in [4.69, 9.17) is 0 Å². The van der Waals surface area contributed by atoms with Gasteiger partial charge in [-0.3, -0.25) is 4.90 Å². The van der Waals surface area contributed by atoms with Crippen molar-refractivity contribution in [1.82, 2.24) is 15.1 Å². The predicted molar refractivity (Wildman–Crippen MR) is 75.5 cm³/mol. The number of rotatable bonds is 7. The minimum atomic E-state index is 0.665. The van der Waals surface area contributed by atoms with Crippen LogP contribution in [0.1, 0.15) is 39.5 Å². The zero-order chi connectivity index (χ0) is 12.7. The summed E-state index contributed by atoms with van der Waals surface area (Å²) in [6, 6.07) is 1.43. The standard InChI is InChI=1S/C14H31N3/c1-13(2)17(12-11-16(3)4)10-8-14-7-5-6-9-15-14/h13-15H,5-12H2,1-4H3. The predicted octanol–water partition coefficient (Wildman–Crippen LogP) is 1.79. The Morgan fingerprint density at radius 3 is 2.41 bits per heavy atom. The maximum atomic E-state index is 3.64. The third kappa shape index (κ3) is 6.39. The average molecular weight is 241 g/mol. The fraction of sp³-hybridized carbons (Fsp3) is 1.00. The maximum Gasteiger partial charge on any atom is 0.0112 e. The third-order valence-electron chi connectivity index (χ3n) is 3.74. The van der Waals surface area contributed by atoms with E-state index in [1.807, 2.05) is 0 Å². The molecule has 1 heterocycles. The van der Waals surface area contributed by atoms with Gasteiger partial charge < -0.3 is 10.2 Å². The molecule has 0 aromatic rings. The topological polar surface area (TPSA) is 18.5 Å². The van der Waals surface area contributed by atoms with Crippen LogP contribution in [-0.2, 0) is 0 Å². The fourth-order valence-electron chi connectivity index (χ4n) is 2.45. The molecular weight excluding hydrogens is 210 g/mol. The van der Waals surface area contributed by atoms with Crippen LogP contribution in [-0.4, -0.2) is 62.2 Å². The van der Waals surface area contributed by atoms with Gasteiger partial charge in [-0.15, -0.1) is 0 Å². The second-order valence-electron chi connectivity index (χ2n) is 5.87. The van der Waals surface area contributed by atoms with Gasteiger partial charge in [0, 0.05) is 25.2 Å². The molecule has 1 atom stereocenters. The molecule has 17 heavy (non-hydrogen) atoms. The van der Waals surface area contributed by atoms with Crippen molar-refractivity contribution in [3.63, 3.8) is 0 Å². The van der Waals surface area contributed by atoms with Crippen molar-refractivity contribution < 1.29 is 0 Å². The molecule has 1 aliphatic rings. The zero-order valence-electron chi connectivity index (χ0n) is 12.2. The lowest BCUT2D eigenvalue weighted by atomic mass is 10.0. The molecule has 102 valence electrons. The molecule has 1 aliphatic heterocycles. The highest BCUT2D eigenvalue weighted by Gasteiger charge is 2.15. The summed E-state index contributed by atoms with van der Waals surface area (Å²) in [4.78, 5) is 4.88. The van der Waals surface area contributed by atoms with E-state index in [2.05, 4.69) is 43.1 Å². The van der Waals surface area contributed by atoms with Gasteiger partial charge in [0.2, 0.25) is 0 Å². The molecule has 3 nitrogen and oxygen atoms in total. The lowest BCUT2D eigenvalue weighted by molar-refractivity contribution is 0.185. The van der Waals surface area contributed by atoms with Gasteiger partial charge in [-0.1, -0.05) is 6.42 Å². The Morgan fingerprint density at radius 2 is 1.88 bits per heavy atom. The Kier molecular flexibility index (Phi) is 7.09. The van der Waals surface area contributed by atoms with E-state index in [0.29, 0.717) is 6.04 Å². The van der Waals surface area contributed by atoms with Crippen LogP contribution < -0.4 is 5.32 Å². The first-order valence-electron chi connectivity index (χ1n) is 7.21. The highest BCUT2D eigenvalue weighted by Crippen LogP contribution is 2.11. The molecule has 1 saturated heterocycles. The third-order valence-corrected chi connectivity index (χ3v) is 3.74. The van der Waals surface area contributed by atoms with Crippen molar-refractivity contribution in [3.05, 3.63) is 0 Å². The number of hydrogen-bond acceptors (Lipinski definition) is 3. The lowest BCUT2D eigenvalue weighted by Crippen LogP contribution is -2.41. The van der Waals surface area contributed by atoms with E-state index in [1.54, 1.807) is 0 Å². The van der Waals surface area contributed by atoms with Crippen LogP contribution in [0, 0.1) is 0 Å². The molecular formula is C14H31N3. The molecule has 0 aliphatic carbocycles. The van der Waals surface area contributed by atoms with Crippen molar-refractivity contribution in [3.8, 4) is 0 Å². The van der Waals surface area contributed by atoms with Crippen molar-refractivity contribution >= 4 is 0 Å². The number of piperidine rings is 1. The van der Waals surface area contributed by atoms with Gasteiger partial charge in [0.1, 0.15) is 0 Å². The Hall–Kier alpha value is -0.120. The van der Waals surface area contributed by atoms with E-state index >= 15 is 0 Å². The molecule has 1 fully saturated rings. The van der Waals surface area contributed by atoms with Crippen LogP contribution >= 0.6 is 0 Å². The summed E-state index contributed by atoms with van der Waals surface area (Å²) in [7, 11) is 4.31. The Morgan fingerprint density at radius 1 is 1.12 bits per heavy atom. The van der Waals surface area contributed by atoms with Gasteiger partial charge in [-0.25, -0.2) is 0 Å². The summed E-state index contributed by atoms with van der Waals surface area (Å²) in [5.41, 5.74) is 0. The first-order chi connectivity index (χ1) is 8.09. The van der Waals surface area contributed by atoms with Crippen LogP contribution in [0.2, 0.25) is 0 Å². The van der Waals surface area contributed by atoms with Crippen LogP contribution in [0.4, 0.5) is 0 Å². The van der Waals surface area contributed by atoms with E-state index in [0.717, 1.165) is 12.6 Å². The summed E-state index contributed by atoms with van der Waals surface area (Å²) in [5, 5.41) is 3.64. The second-order valence-corrected chi connectivity index (χ2v) is 5.87. The summed E-state index contributed by atoms with van der Waals surface area (Å²) >= 11 is 0. The molecule has 0 aromatic carbocycles. The molecule has 1 unspecified atom stereocenters. The molecule has 0 saturated carbocycles. The Labute approximate surface area is 108 Å². The molecule has 3 heteroatoms. The quantitative estimate of drug-likeness (QED) is 0.733. The van der Waals surface area contributed by atoms with Crippen molar-refractivity contribution in [2.45, 2.75) is 51.6 Å². The summed E-state index contributed by atoms with van der Waals surface area (Å²) < 4.78 is 0. The summed E-state index contributed by atoms with van der Waals surface area (Å²) in [6.07, 6.45) is 5.47. The maximum absolute atomic E-state index is 3.64. The van der Waals surface area contributed by atoms with E-state index in [9.17, 15) is 0 Å². The average Bonchev–Trinajstić information content (AvgIpc) is 2.29. The fourth-order valence-corrected chi connectivity index (χ4v) is 2.45. The Balaban J connectivity index is 2.23. The molecule has 0 bridgehead atoms. The number of hydrogen-bond donors (Lipinski definition) is 1. The minimum absolute atomic E-state index is 0.665. The summed E-state index contributed by atoms with van der Waals surface area (Å²) in [6.45, 7) is 9.44. The van der Waals surface area contributed by atoms with E-state index in [1.165, 1.54) is 45.3 Å². The van der Waals surface area contributed by atoms with Crippen LogP contribution in [0.5, 0.6) is 0 Å². The van der Waals surface area contributed by atoms with E-state index in [-0.39, 0.29) is 0 Å². The van der Waals surface area contributed by atoms with Gasteiger partial charge >= 0.3 is 0 Å². The highest BCUT2D eigenvalue weighted by atomic mass is 15.2. The van der Waals surface area contributed by atoms with Gasteiger partial charge in [0.25, 0.3) is 0 Å². The van der Waals surface area contributed by atoms with Crippen molar-refractivity contribution in [2.75, 3.05) is 40.3 Å². The smallest absolute Gasteiger partial charge is 0.0112 e. The van der Waals surface area contributed by atoms with Crippen LogP contribution in [0.3, 0.4) is 0 Å². The number of nitrogens with zero attached hydrogens (tertiary/aromatic N) is 2. The van der Waals surface area contributed by atoms with Crippen LogP contribution in [0.25, 0.3) is 0 Å². The largest absolute Gasteiger partial charge is 0.314 e. The molecule has 0 aromatic heterocycles. The first-order valence-corrected chi connectivity index (χ1v) is 7.21. The van der Waals surface area contributed by atoms with Crippen molar-refractivity contribution in [2.24, 2.45) is 0 Å². The van der Waals surface area contributed by atoms with E-state index < -0.39 is 0 Å². The van der Waals surface area contributed by atoms with Gasteiger partial charge in [0.05, 0.1) is 0 Å².